The van der Waals surface area contributed by atoms with E-state index in [-0.39, 0.29) is 17.0 Å². The van der Waals surface area contributed by atoms with Crippen molar-refractivity contribution in [2.75, 3.05) is 7.11 Å². The van der Waals surface area contributed by atoms with Gasteiger partial charge in [0.1, 0.15) is 11.5 Å². The van der Waals surface area contributed by atoms with E-state index in [1.165, 1.54) is 28.2 Å². The van der Waals surface area contributed by atoms with E-state index in [9.17, 15) is 9.90 Å². The van der Waals surface area contributed by atoms with Crippen molar-refractivity contribution in [2.45, 2.75) is 6.92 Å². The maximum atomic E-state index is 12.8. The largest absolute Gasteiger partial charge is 0.508 e. The molecule has 0 saturated carbocycles. The zero-order valence-electron chi connectivity index (χ0n) is 15.7. The summed E-state index contributed by atoms with van der Waals surface area (Å²) in [6, 6.07) is 13.8. The topological polar surface area (TPSA) is 105 Å². The summed E-state index contributed by atoms with van der Waals surface area (Å²) in [5, 5.41) is 22.9. The molecule has 0 unspecified atom stereocenters. The number of phenols is 1. The Hall–Kier alpha value is -3.72. The lowest BCUT2D eigenvalue weighted by Gasteiger charge is -2.01. The maximum Gasteiger partial charge on any atom is 0.301 e. The molecule has 2 N–H and O–H groups in total. The first-order valence-electron chi connectivity index (χ1n) is 8.68. The number of benzene rings is 2. The van der Waals surface area contributed by atoms with E-state index in [0.29, 0.717) is 16.5 Å². The highest BCUT2D eigenvalue weighted by Gasteiger charge is 2.15. The highest BCUT2D eigenvalue weighted by Crippen LogP contribution is 2.27. The maximum absolute atomic E-state index is 12.8. The summed E-state index contributed by atoms with van der Waals surface area (Å²) in [4.78, 5) is 17.4. The van der Waals surface area contributed by atoms with E-state index in [4.69, 9.17) is 4.74 Å². The number of nitrogens with one attached hydrogen (secondary N) is 1. The first kappa shape index (κ1) is 18.6. The SMILES string of the molecule is COc1cccc(-c2csc(-n3[nH]c(C)c(N=Nc4ccc(O)cc4)c3=O)n2)c1. The molecule has 0 aliphatic rings. The smallest absolute Gasteiger partial charge is 0.301 e. The number of H-pyrrole nitrogens is 1. The number of thiazole rings is 1. The Kier molecular flexibility index (Phi) is 4.96. The van der Waals surface area contributed by atoms with Gasteiger partial charge in [-0.25, -0.2) is 4.98 Å². The van der Waals surface area contributed by atoms with Gasteiger partial charge in [0.05, 0.1) is 24.2 Å². The number of hydrogen-bond acceptors (Lipinski definition) is 7. The monoisotopic (exact) mass is 407 g/mol. The Balaban J connectivity index is 1.65. The van der Waals surface area contributed by atoms with Gasteiger partial charge in [-0.1, -0.05) is 12.1 Å². The van der Waals surface area contributed by atoms with E-state index in [2.05, 4.69) is 20.3 Å². The van der Waals surface area contributed by atoms with Crippen LogP contribution in [-0.2, 0) is 0 Å². The van der Waals surface area contributed by atoms with Crippen molar-refractivity contribution in [2.24, 2.45) is 10.2 Å². The first-order chi connectivity index (χ1) is 14.0. The summed E-state index contributed by atoms with van der Waals surface area (Å²) in [6.45, 7) is 1.75. The number of nitrogens with zero attached hydrogens (tertiary/aromatic N) is 4. The first-order valence-corrected chi connectivity index (χ1v) is 9.56. The molecule has 0 atom stereocenters. The number of phenolic OH excluding ortho intramolecular Hbond substituents is 1. The molecule has 9 heteroatoms. The molecule has 0 fully saturated rings. The van der Waals surface area contributed by atoms with Crippen LogP contribution in [0.2, 0.25) is 0 Å². The van der Waals surface area contributed by atoms with Gasteiger partial charge in [-0.05, 0) is 43.3 Å². The van der Waals surface area contributed by atoms with Crippen molar-refractivity contribution >= 4 is 22.7 Å². The number of aromatic nitrogens is 3. The van der Waals surface area contributed by atoms with Crippen LogP contribution in [0.4, 0.5) is 11.4 Å². The van der Waals surface area contributed by atoms with E-state index in [1.807, 2.05) is 29.6 Å². The fourth-order valence-corrected chi connectivity index (χ4v) is 3.49. The van der Waals surface area contributed by atoms with Gasteiger partial charge in [0, 0.05) is 10.9 Å². The summed E-state index contributed by atoms with van der Waals surface area (Å²) in [6.07, 6.45) is 0. The molecule has 2 aromatic carbocycles. The van der Waals surface area contributed by atoms with Gasteiger partial charge >= 0.3 is 5.56 Å². The number of hydrogen-bond donors (Lipinski definition) is 2. The fraction of sp³-hybridized carbons (Fsp3) is 0.100. The molecule has 0 radical (unpaired) electrons. The van der Waals surface area contributed by atoms with Gasteiger partial charge in [-0.3, -0.25) is 9.89 Å². The van der Waals surface area contributed by atoms with Gasteiger partial charge in [-0.15, -0.1) is 16.5 Å². The molecule has 0 aliphatic carbocycles. The van der Waals surface area contributed by atoms with Gasteiger partial charge in [0.15, 0.2) is 5.69 Å². The Morgan fingerprint density at radius 2 is 1.97 bits per heavy atom. The van der Waals surface area contributed by atoms with Crippen molar-refractivity contribution in [3.05, 3.63) is 70.0 Å². The highest BCUT2D eigenvalue weighted by atomic mass is 32.1. The van der Waals surface area contributed by atoms with Crippen LogP contribution in [0.5, 0.6) is 11.5 Å². The number of aromatic amines is 1. The number of azo groups is 1. The van der Waals surface area contributed by atoms with Gasteiger partial charge in [-0.2, -0.15) is 9.80 Å². The molecule has 0 bridgehead atoms. The molecule has 8 nitrogen and oxygen atoms in total. The van der Waals surface area contributed by atoms with Crippen LogP contribution in [0.15, 0.2) is 68.9 Å². The summed E-state index contributed by atoms with van der Waals surface area (Å²) < 4.78 is 6.61. The molecule has 2 aromatic heterocycles. The summed E-state index contributed by atoms with van der Waals surface area (Å²) in [7, 11) is 1.61. The van der Waals surface area contributed by atoms with E-state index < -0.39 is 0 Å². The van der Waals surface area contributed by atoms with Crippen LogP contribution in [-0.4, -0.2) is 27.0 Å². The minimum Gasteiger partial charge on any atom is -0.508 e. The zero-order chi connectivity index (χ0) is 20.4. The molecule has 0 saturated heterocycles. The lowest BCUT2D eigenvalue weighted by atomic mass is 10.2. The third-order valence-electron chi connectivity index (χ3n) is 4.20. The third kappa shape index (κ3) is 3.81. The average Bonchev–Trinajstić information content (AvgIpc) is 3.33. The van der Waals surface area contributed by atoms with Crippen molar-refractivity contribution in [1.29, 1.82) is 0 Å². The highest BCUT2D eigenvalue weighted by molar-refractivity contribution is 7.12. The Morgan fingerprint density at radius 1 is 1.17 bits per heavy atom. The zero-order valence-corrected chi connectivity index (χ0v) is 16.5. The standard InChI is InChI=1S/C20H17N5O3S/c1-12-18(23-22-14-6-8-15(26)9-7-14)19(27)25(24-12)20-21-17(11-29-20)13-4-3-5-16(10-13)28-2/h3-11,24,26H,1-2H3. The van der Waals surface area contributed by atoms with Crippen LogP contribution < -0.4 is 10.3 Å². The van der Waals surface area contributed by atoms with Crippen LogP contribution in [0.3, 0.4) is 0 Å². The number of aromatic hydroxyl groups is 1. The van der Waals surface area contributed by atoms with E-state index in [0.717, 1.165) is 17.0 Å². The lowest BCUT2D eigenvalue weighted by Crippen LogP contribution is -2.13. The molecule has 0 aliphatic heterocycles. The second-order valence-electron chi connectivity index (χ2n) is 6.19. The predicted molar refractivity (Wildman–Crippen MR) is 111 cm³/mol. The van der Waals surface area contributed by atoms with E-state index in [1.54, 1.807) is 26.2 Å². The summed E-state index contributed by atoms with van der Waals surface area (Å²) in [5.41, 5.74) is 2.62. The van der Waals surface area contributed by atoms with Crippen molar-refractivity contribution < 1.29 is 9.84 Å². The van der Waals surface area contributed by atoms with E-state index >= 15 is 0 Å². The molecule has 0 spiro atoms. The molecule has 2 heterocycles. The minimum absolute atomic E-state index is 0.139. The number of ether oxygens (including phenoxy) is 1. The van der Waals surface area contributed by atoms with Crippen LogP contribution in [0, 0.1) is 6.92 Å². The molecule has 0 amide bonds. The number of rotatable bonds is 5. The molecule has 4 rings (SSSR count). The van der Waals surface area contributed by atoms with Crippen molar-refractivity contribution in [3.63, 3.8) is 0 Å². The second kappa shape index (κ2) is 7.72. The molecule has 146 valence electrons. The van der Waals surface area contributed by atoms with Crippen LogP contribution in [0.1, 0.15) is 5.69 Å². The Bertz CT molecular complexity index is 1240. The second-order valence-corrected chi connectivity index (χ2v) is 7.03. The fourth-order valence-electron chi connectivity index (χ4n) is 2.70. The molecular formula is C20H17N5O3S. The van der Waals surface area contributed by atoms with Crippen LogP contribution in [0.25, 0.3) is 16.4 Å². The third-order valence-corrected chi connectivity index (χ3v) is 5.03. The molecular weight excluding hydrogens is 390 g/mol. The number of methoxy groups -OCH3 is 1. The van der Waals surface area contributed by atoms with Gasteiger partial charge < -0.3 is 9.84 Å². The lowest BCUT2D eigenvalue weighted by molar-refractivity contribution is 0.415. The normalized spacial score (nSPS) is 11.2. The Labute approximate surface area is 169 Å². The number of aryl methyl sites for hydroxylation is 1. The minimum atomic E-state index is -0.337. The predicted octanol–water partition coefficient (Wildman–Crippen LogP) is 4.73. The van der Waals surface area contributed by atoms with Gasteiger partial charge in [0.25, 0.3) is 0 Å². The van der Waals surface area contributed by atoms with Crippen molar-refractivity contribution in [1.82, 2.24) is 14.8 Å². The molecule has 4 aromatic rings. The molecule has 29 heavy (non-hydrogen) atoms. The average molecular weight is 407 g/mol. The summed E-state index contributed by atoms with van der Waals surface area (Å²) in [5.74, 6) is 0.876. The summed E-state index contributed by atoms with van der Waals surface area (Å²) >= 11 is 1.34. The van der Waals surface area contributed by atoms with Gasteiger partial charge in [0.2, 0.25) is 5.13 Å². The van der Waals surface area contributed by atoms with Crippen LogP contribution >= 0.6 is 11.3 Å². The van der Waals surface area contributed by atoms with Crippen molar-refractivity contribution in [3.8, 4) is 27.9 Å². The Morgan fingerprint density at radius 3 is 2.72 bits per heavy atom. The quantitative estimate of drug-likeness (QED) is 0.467.